The Hall–Kier alpha value is 0.0400. The average molecular weight is 348 g/mol. The number of benzene rings is 1. The van der Waals surface area contributed by atoms with E-state index in [4.69, 9.17) is 11.6 Å². The predicted molar refractivity (Wildman–Crippen MR) is 83.1 cm³/mol. The molecule has 0 radical (unpaired) electrons. The monoisotopic (exact) mass is 346 g/mol. The van der Waals surface area contributed by atoms with Crippen molar-refractivity contribution in [3.05, 3.63) is 50.7 Å². The van der Waals surface area contributed by atoms with Crippen LogP contribution in [0.4, 0.5) is 0 Å². The molecule has 1 aromatic carbocycles. The molecule has 90 valence electrons. The maximum Gasteiger partial charge on any atom is 0.0960 e. The minimum absolute atomic E-state index is 0.224. The fraction of sp³-hybridized carbons (Fsp3) is 0.231. The molecule has 2 rings (SSSR count). The number of hydrogen-bond acceptors (Lipinski definition) is 2. The molecule has 0 aliphatic carbocycles. The number of thioether (sulfide) groups is 1. The number of alkyl halides is 1. The lowest BCUT2D eigenvalue weighted by atomic mass is 10.1. The van der Waals surface area contributed by atoms with Crippen molar-refractivity contribution in [1.29, 1.82) is 0 Å². The maximum atomic E-state index is 6.13. The molecule has 0 bridgehead atoms. The van der Waals surface area contributed by atoms with E-state index in [1.54, 1.807) is 23.1 Å². The van der Waals surface area contributed by atoms with Crippen LogP contribution in [-0.2, 0) is 0 Å². The summed E-state index contributed by atoms with van der Waals surface area (Å²) in [6.07, 6.45) is 2.10. The quantitative estimate of drug-likeness (QED) is 0.491. The van der Waals surface area contributed by atoms with E-state index in [1.165, 1.54) is 15.3 Å². The molecule has 4 heteroatoms. The second-order valence-electron chi connectivity index (χ2n) is 3.71. The third-order valence-electron chi connectivity index (χ3n) is 2.54. The van der Waals surface area contributed by atoms with Crippen LogP contribution in [0, 0.1) is 6.92 Å². The van der Waals surface area contributed by atoms with Crippen molar-refractivity contribution in [3.8, 4) is 0 Å². The average Bonchev–Trinajstić information content (AvgIpc) is 2.68. The lowest BCUT2D eigenvalue weighted by Gasteiger charge is -2.12. The van der Waals surface area contributed by atoms with E-state index < -0.39 is 0 Å². The summed E-state index contributed by atoms with van der Waals surface area (Å²) in [6.45, 7) is 2.04. The van der Waals surface area contributed by atoms with E-state index in [0.29, 0.717) is 0 Å². The summed E-state index contributed by atoms with van der Waals surface area (Å²) in [5.74, 6) is 0. The van der Waals surface area contributed by atoms with Gasteiger partial charge in [-0.15, -0.1) is 23.1 Å². The van der Waals surface area contributed by atoms with Crippen LogP contribution in [0.1, 0.15) is 20.8 Å². The molecule has 1 unspecified atom stereocenters. The van der Waals surface area contributed by atoms with Crippen molar-refractivity contribution in [1.82, 2.24) is 0 Å². The molecule has 1 aromatic heterocycles. The molecule has 2 aromatic rings. The summed E-state index contributed by atoms with van der Waals surface area (Å²) in [4.78, 5) is 2.79. The van der Waals surface area contributed by atoms with Crippen LogP contribution >= 0.6 is 50.6 Å². The normalized spacial score (nSPS) is 12.7. The summed E-state index contributed by atoms with van der Waals surface area (Å²) in [5.41, 5.74) is 2.45. The van der Waals surface area contributed by atoms with Gasteiger partial charge in [0.25, 0.3) is 0 Å². The van der Waals surface area contributed by atoms with Gasteiger partial charge >= 0.3 is 0 Å². The Labute approximate surface area is 124 Å². The third kappa shape index (κ3) is 2.90. The molecule has 0 N–H and O–H groups in total. The largest absolute Gasteiger partial charge is 0.129 e. The second kappa shape index (κ2) is 5.79. The van der Waals surface area contributed by atoms with Gasteiger partial charge in [-0.2, -0.15) is 0 Å². The van der Waals surface area contributed by atoms with Gasteiger partial charge in [0.15, 0.2) is 0 Å². The van der Waals surface area contributed by atoms with E-state index in [-0.39, 0.29) is 4.83 Å². The first-order valence-electron chi connectivity index (χ1n) is 5.16. The van der Waals surface area contributed by atoms with Crippen LogP contribution in [0.2, 0.25) is 4.34 Å². The number of halogens is 2. The fourth-order valence-electron chi connectivity index (χ4n) is 1.64. The van der Waals surface area contributed by atoms with E-state index in [2.05, 4.69) is 52.5 Å². The summed E-state index contributed by atoms with van der Waals surface area (Å²) in [6, 6.07) is 10.6. The first-order valence-corrected chi connectivity index (χ1v) is 8.49. The molecule has 1 atom stereocenters. The van der Waals surface area contributed by atoms with Crippen LogP contribution < -0.4 is 0 Å². The Bertz CT molecular complexity index is 502. The molecule has 0 saturated carbocycles. The molecule has 0 aliphatic rings. The Morgan fingerprint density at radius 2 is 2.06 bits per heavy atom. The maximum absolute atomic E-state index is 6.13. The highest BCUT2D eigenvalue weighted by Gasteiger charge is 2.16. The van der Waals surface area contributed by atoms with Gasteiger partial charge in [0.2, 0.25) is 0 Å². The molecule has 1 heterocycles. The van der Waals surface area contributed by atoms with Crippen molar-refractivity contribution in [2.45, 2.75) is 16.6 Å². The van der Waals surface area contributed by atoms with Crippen molar-refractivity contribution >= 4 is 50.6 Å². The molecule has 17 heavy (non-hydrogen) atoms. The number of hydrogen-bond donors (Lipinski definition) is 0. The molecular formula is C13H12BrClS2. The SMILES string of the molecule is CSc1ccccc1C(Br)c1cc(C)c(Cl)s1. The standard InChI is InChI=1S/C13H12BrClS2/c1-8-7-11(17-13(8)15)12(14)9-5-3-4-6-10(9)16-2/h3-7,12H,1-2H3. The zero-order chi connectivity index (χ0) is 12.4. The van der Waals surface area contributed by atoms with Crippen LogP contribution in [0.25, 0.3) is 0 Å². The number of thiophene rings is 1. The molecule has 0 fully saturated rings. The first-order chi connectivity index (χ1) is 8.13. The molecule has 0 nitrogen and oxygen atoms in total. The van der Waals surface area contributed by atoms with E-state index >= 15 is 0 Å². The highest BCUT2D eigenvalue weighted by atomic mass is 79.9. The van der Waals surface area contributed by atoms with Gasteiger partial charge in [-0.25, -0.2) is 0 Å². The minimum Gasteiger partial charge on any atom is -0.129 e. The van der Waals surface area contributed by atoms with Crippen molar-refractivity contribution < 1.29 is 0 Å². The van der Waals surface area contributed by atoms with Gasteiger partial charge in [-0.1, -0.05) is 45.7 Å². The fourth-order valence-corrected chi connectivity index (χ4v) is 4.45. The Morgan fingerprint density at radius 1 is 1.35 bits per heavy atom. The summed E-state index contributed by atoms with van der Waals surface area (Å²) in [7, 11) is 0. The van der Waals surface area contributed by atoms with Crippen LogP contribution in [0.15, 0.2) is 35.2 Å². The van der Waals surface area contributed by atoms with Gasteiger partial charge in [0.05, 0.1) is 9.16 Å². The summed E-state index contributed by atoms with van der Waals surface area (Å²) in [5, 5.41) is 0. The highest BCUT2D eigenvalue weighted by Crippen LogP contribution is 2.41. The summed E-state index contributed by atoms with van der Waals surface area (Å²) >= 11 is 13.3. The Balaban J connectivity index is 2.39. The molecule has 0 saturated heterocycles. The molecule has 0 spiro atoms. The van der Waals surface area contributed by atoms with Gasteiger partial charge in [0, 0.05) is 9.77 Å². The minimum atomic E-state index is 0.224. The van der Waals surface area contributed by atoms with Crippen LogP contribution in [-0.4, -0.2) is 6.26 Å². The first kappa shape index (κ1) is 13.5. The van der Waals surface area contributed by atoms with E-state index in [1.807, 2.05) is 6.92 Å². The van der Waals surface area contributed by atoms with Crippen molar-refractivity contribution in [2.75, 3.05) is 6.26 Å². The smallest absolute Gasteiger partial charge is 0.0960 e. The lowest BCUT2D eigenvalue weighted by molar-refractivity contribution is 1.15. The van der Waals surface area contributed by atoms with Crippen LogP contribution in [0.3, 0.4) is 0 Å². The second-order valence-corrected chi connectivity index (χ2v) is 7.16. The zero-order valence-corrected chi connectivity index (χ0v) is 13.5. The number of rotatable bonds is 3. The van der Waals surface area contributed by atoms with E-state index in [0.717, 1.165) is 9.90 Å². The predicted octanol–water partition coefficient (Wildman–Crippen LogP) is 5.92. The van der Waals surface area contributed by atoms with Crippen molar-refractivity contribution in [2.24, 2.45) is 0 Å². The Kier molecular flexibility index (Phi) is 4.59. The highest BCUT2D eigenvalue weighted by molar-refractivity contribution is 9.09. The third-order valence-corrected chi connectivity index (χ3v) is 6.26. The van der Waals surface area contributed by atoms with Gasteiger partial charge in [0.1, 0.15) is 0 Å². The number of aryl methyl sites for hydroxylation is 1. The van der Waals surface area contributed by atoms with Gasteiger partial charge in [-0.3, -0.25) is 0 Å². The Morgan fingerprint density at radius 3 is 2.65 bits per heavy atom. The van der Waals surface area contributed by atoms with Crippen LogP contribution in [0.5, 0.6) is 0 Å². The zero-order valence-electron chi connectivity index (χ0n) is 9.54. The van der Waals surface area contributed by atoms with E-state index in [9.17, 15) is 0 Å². The molecule has 0 amide bonds. The summed E-state index contributed by atoms with van der Waals surface area (Å²) < 4.78 is 0.881. The molecular weight excluding hydrogens is 336 g/mol. The van der Waals surface area contributed by atoms with Crippen molar-refractivity contribution in [3.63, 3.8) is 0 Å². The molecule has 0 aliphatic heterocycles. The van der Waals surface area contributed by atoms with Gasteiger partial charge < -0.3 is 0 Å². The van der Waals surface area contributed by atoms with Gasteiger partial charge in [-0.05, 0) is 36.4 Å². The topological polar surface area (TPSA) is 0 Å². The lowest BCUT2D eigenvalue weighted by Crippen LogP contribution is -1.91.